The first-order chi connectivity index (χ1) is 18.3. The van der Waals surface area contributed by atoms with Gasteiger partial charge >= 0.3 is 0 Å². The smallest absolute Gasteiger partial charge is 0.295 e. The van der Waals surface area contributed by atoms with Crippen LogP contribution in [0.5, 0.6) is 23.0 Å². The molecule has 1 saturated heterocycles. The molecule has 1 fully saturated rings. The summed E-state index contributed by atoms with van der Waals surface area (Å²) in [5.41, 5.74) is 1.06. The molecule has 0 aromatic heterocycles. The van der Waals surface area contributed by atoms with Crippen LogP contribution in [-0.4, -0.2) is 80.2 Å². The van der Waals surface area contributed by atoms with E-state index in [0.29, 0.717) is 73.5 Å². The normalized spacial score (nSPS) is 18.2. The minimum absolute atomic E-state index is 0.0289. The second kappa shape index (κ2) is 12.2. The minimum atomic E-state index is -0.787. The summed E-state index contributed by atoms with van der Waals surface area (Å²) < 4.78 is 22.9. The Bertz CT molecular complexity index is 1210. The highest BCUT2D eigenvalue weighted by Gasteiger charge is 2.46. The summed E-state index contributed by atoms with van der Waals surface area (Å²) >= 11 is 0. The predicted molar refractivity (Wildman–Crippen MR) is 143 cm³/mol. The topological polar surface area (TPSA) is 97.8 Å². The summed E-state index contributed by atoms with van der Waals surface area (Å²) in [7, 11) is 3.91. The second-order valence-electron chi connectivity index (χ2n) is 9.50. The zero-order valence-corrected chi connectivity index (χ0v) is 22.5. The number of carbonyl (C=O) groups is 2. The van der Waals surface area contributed by atoms with Crippen molar-refractivity contribution in [2.45, 2.75) is 32.7 Å². The molecule has 1 N–H and O–H groups in total. The molecular weight excluding hydrogens is 488 g/mol. The average Bonchev–Trinajstić information content (AvgIpc) is 3.16. The highest BCUT2D eigenvalue weighted by Crippen LogP contribution is 2.43. The van der Waals surface area contributed by atoms with Crippen LogP contribution in [-0.2, 0) is 9.59 Å². The molecule has 1 atom stereocenters. The third-order valence-corrected chi connectivity index (χ3v) is 6.40. The zero-order valence-electron chi connectivity index (χ0n) is 22.5. The molecule has 0 spiro atoms. The number of ketones is 1. The lowest BCUT2D eigenvalue weighted by atomic mass is 9.94. The van der Waals surface area contributed by atoms with Crippen LogP contribution in [0.2, 0.25) is 0 Å². The van der Waals surface area contributed by atoms with Crippen molar-refractivity contribution >= 4 is 17.4 Å². The number of fused-ring (bicyclic) bond motifs is 1. The number of aliphatic hydroxyl groups is 1. The van der Waals surface area contributed by atoms with Crippen LogP contribution in [0.25, 0.3) is 5.76 Å². The van der Waals surface area contributed by atoms with Crippen LogP contribution in [0.3, 0.4) is 0 Å². The van der Waals surface area contributed by atoms with E-state index >= 15 is 0 Å². The molecule has 9 heteroatoms. The molecular formula is C29H36N2O7. The first-order valence-corrected chi connectivity index (χ1v) is 13.1. The summed E-state index contributed by atoms with van der Waals surface area (Å²) in [6.45, 7) is 6.78. The molecule has 9 nitrogen and oxygen atoms in total. The monoisotopic (exact) mass is 524 g/mol. The van der Waals surface area contributed by atoms with Gasteiger partial charge in [-0.25, -0.2) is 0 Å². The molecule has 2 aromatic rings. The molecule has 0 bridgehead atoms. The molecule has 2 aliphatic heterocycles. The van der Waals surface area contributed by atoms with Crippen molar-refractivity contribution in [3.63, 3.8) is 0 Å². The van der Waals surface area contributed by atoms with E-state index in [2.05, 4.69) is 0 Å². The lowest BCUT2D eigenvalue weighted by molar-refractivity contribution is -0.139. The highest BCUT2D eigenvalue weighted by atomic mass is 16.6. The van der Waals surface area contributed by atoms with Gasteiger partial charge in [0.1, 0.15) is 19.0 Å². The van der Waals surface area contributed by atoms with Gasteiger partial charge < -0.3 is 33.9 Å². The van der Waals surface area contributed by atoms with Gasteiger partial charge in [-0.3, -0.25) is 9.59 Å². The average molecular weight is 525 g/mol. The number of benzene rings is 2. The fraction of sp³-hybridized carbons (Fsp3) is 0.448. The van der Waals surface area contributed by atoms with Gasteiger partial charge in [-0.1, -0.05) is 13.0 Å². The van der Waals surface area contributed by atoms with Gasteiger partial charge in [0, 0.05) is 12.1 Å². The number of likely N-dealkylation sites (tertiary alicyclic amines) is 1. The lowest BCUT2D eigenvalue weighted by Crippen LogP contribution is -2.32. The van der Waals surface area contributed by atoms with E-state index in [1.165, 1.54) is 4.90 Å². The molecule has 0 aliphatic carbocycles. The Balaban J connectivity index is 1.80. The highest BCUT2D eigenvalue weighted by molar-refractivity contribution is 6.46. The van der Waals surface area contributed by atoms with Gasteiger partial charge in [0.2, 0.25) is 0 Å². The summed E-state index contributed by atoms with van der Waals surface area (Å²) in [5.74, 6) is 0.537. The number of aliphatic hydroxyl groups excluding tert-OH is 1. The van der Waals surface area contributed by atoms with E-state index in [0.717, 1.165) is 13.0 Å². The number of ether oxygens (including phenoxy) is 4. The third-order valence-electron chi connectivity index (χ3n) is 6.40. The summed E-state index contributed by atoms with van der Waals surface area (Å²) in [4.78, 5) is 30.2. The molecule has 2 heterocycles. The van der Waals surface area contributed by atoms with Gasteiger partial charge in [0.05, 0.1) is 24.8 Å². The van der Waals surface area contributed by atoms with Crippen molar-refractivity contribution in [3.05, 3.63) is 53.1 Å². The molecule has 0 unspecified atom stereocenters. The van der Waals surface area contributed by atoms with E-state index < -0.39 is 17.7 Å². The summed E-state index contributed by atoms with van der Waals surface area (Å²) in [5, 5.41) is 11.4. The number of nitrogens with zero attached hydrogens (tertiary/aromatic N) is 2. The fourth-order valence-electron chi connectivity index (χ4n) is 4.65. The molecule has 204 valence electrons. The molecule has 38 heavy (non-hydrogen) atoms. The van der Waals surface area contributed by atoms with Crippen LogP contribution < -0.4 is 18.9 Å². The predicted octanol–water partition coefficient (Wildman–Crippen LogP) is 4.02. The Morgan fingerprint density at radius 1 is 1.03 bits per heavy atom. The van der Waals surface area contributed by atoms with E-state index in [4.69, 9.17) is 18.9 Å². The number of hydrogen-bond acceptors (Lipinski definition) is 8. The SMILES string of the molecule is CCCOc1ccc([C@@H]2/C(=C(\O)c3ccc4c(c3)OCCO4)C(=O)C(=O)N2CCCN(C)C)cc1OCC. The van der Waals surface area contributed by atoms with Crippen molar-refractivity contribution in [1.29, 1.82) is 0 Å². The van der Waals surface area contributed by atoms with Crippen molar-refractivity contribution in [1.82, 2.24) is 9.80 Å². The Kier molecular flexibility index (Phi) is 8.78. The molecule has 4 rings (SSSR count). The van der Waals surface area contributed by atoms with Gasteiger partial charge in [0.25, 0.3) is 11.7 Å². The minimum Gasteiger partial charge on any atom is -0.507 e. The van der Waals surface area contributed by atoms with E-state index in [1.54, 1.807) is 30.3 Å². The third kappa shape index (κ3) is 5.72. The molecule has 0 radical (unpaired) electrons. The van der Waals surface area contributed by atoms with E-state index in [9.17, 15) is 14.7 Å². The standard InChI is InChI=1S/C29H36N2O7/c1-5-14-36-21-10-8-19(17-23(21)35-6-2)26-25(28(33)29(34)31(26)13-7-12-30(3)4)27(32)20-9-11-22-24(18-20)38-16-15-37-22/h8-11,17-18,26,32H,5-7,12-16H2,1-4H3/b27-25+/t26-/m1/s1. The largest absolute Gasteiger partial charge is 0.507 e. The van der Waals surface area contributed by atoms with Crippen LogP contribution in [0, 0.1) is 0 Å². The Morgan fingerprint density at radius 3 is 2.50 bits per heavy atom. The molecule has 1 amide bonds. The van der Waals surface area contributed by atoms with Gasteiger partial charge in [-0.2, -0.15) is 0 Å². The lowest BCUT2D eigenvalue weighted by Gasteiger charge is -2.27. The maximum absolute atomic E-state index is 13.4. The van der Waals surface area contributed by atoms with Gasteiger partial charge in [0.15, 0.2) is 23.0 Å². The molecule has 0 saturated carbocycles. The Morgan fingerprint density at radius 2 is 1.79 bits per heavy atom. The number of rotatable bonds is 11. The fourth-order valence-corrected chi connectivity index (χ4v) is 4.65. The van der Waals surface area contributed by atoms with Crippen molar-refractivity contribution in [3.8, 4) is 23.0 Å². The van der Waals surface area contributed by atoms with Crippen LogP contribution in [0.1, 0.15) is 43.9 Å². The maximum Gasteiger partial charge on any atom is 0.295 e. The Labute approximate surface area is 223 Å². The van der Waals surface area contributed by atoms with Crippen LogP contribution >= 0.6 is 0 Å². The summed E-state index contributed by atoms with van der Waals surface area (Å²) in [6, 6.07) is 9.60. The molecule has 2 aliphatic rings. The van der Waals surface area contributed by atoms with Crippen LogP contribution in [0.15, 0.2) is 42.0 Å². The van der Waals surface area contributed by atoms with Crippen molar-refractivity contribution < 1.29 is 33.6 Å². The number of carbonyl (C=O) groups excluding carboxylic acids is 2. The Hall–Kier alpha value is -3.72. The maximum atomic E-state index is 13.4. The number of amides is 1. The van der Waals surface area contributed by atoms with E-state index in [-0.39, 0.29) is 11.3 Å². The quantitative estimate of drug-likeness (QED) is 0.268. The van der Waals surface area contributed by atoms with Crippen molar-refractivity contribution in [2.24, 2.45) is 0 Å². The first-order valence-electron chi connectivity index (χ1n) is 13.1. The van der Waals surface area contributed by atoms with Crippen molar-refractivity contribution in [2.75, 3.05) is 53.6 Å². The number of hydrogen-bond donors (Lipinski definition) is 1. The zero-order chi connectivity index (χ0) is 27.2. The van der Waals surface area contributed by atoms with E-state index in [1.807, 2.05) is 38.9 Å². The first kappa shape index (κ1) is 27.3. The van der Waals surface area contributed by atoms with Gasteiger partial charge in [-0.05, 0) is 76.3 Å². The van der Waals surface area contributed by atoms with Crippen LogP contribution in [0.4, 0.5) is 0 Å². The van der Waals surface area contributed by atoms with Gasteiger partial charge in [-0.15, -0.1) is 0 Å². The second-order valence-corrected chi connectivity index (χ2v) is 9.50. The molecule has 2 aromatic carbocycles. The summed E-state index contributed by atoms with van der Waals surface area (Å²) in [6.07, 6.45) is 1.51. The number of Topliss-reactive ketones (excluding diaryl/α,β-unsaturated/α-hetero) is 1.